The lowest BCUT2D eigenvalue weighted by Crippen LogP contribution is -2.18. The molecule has 0 atom stereocenters. The van der Waals surface area contributed by atoms with E-state index in [1.165, 1.54) is 11.3 Å². The number of para-hydroxylation sites is 1. The molecule has 108 valence electrons. The molecule has 2 aromatic heterocycles. The zero-order valence-corrected chi connectivity index (χ0v) is 13.0. The number of benzene rings is 1. The van der Waals surface area contributed by atoms with Crippen molar-refractivity contribution in [1.29, 1.82) is 0 Å². The Balaban J connectivity index is 1.50. The van der Waals surface area contributed by atoms with Crippen LogP contribution in [0.3, 0.4) is 0 Å². The van der Waals surface area contributed by atoms with Gasteiger partial charge >= 0.3 is 0 Å². The molecule has 0 unspecified atom stereocenters. The third-order valence-electron chi connectivity index (χ3n) is 2.66. The minimum atomic E-state index is -0.203. The summed E-state index contributed by atoms with van der Waals surface area (Å²) in [6.07, 6.45) is 0. The summed E-state index contributed by atoms with van der Waals surface area (Å²) >= 11 is 2.98. The monoisotopic (exact) mass is 319 g/mol. The summed E-state index contributed by atoms with van der Waals surface area (Å²) in [5.41, 5.74) is 1.86. The number of hydrogen-bond acceptors (Lipinski definition) is 6. The van der Waals surface area contributed by atoms with Gasteiger partial charge in [-0.3, -0.25) is 10.1 Å². The van der Waals surface area contributed by atoms with E-state index in [0.29, 0.717) is 11.7 Å². The molecule has 2 heterocycles. The smallest absolute Gasteiger partial charge is 0.252 e. The van der Waals surface area contributed by atoms with Crippen molar-refractivity contribution in [3.05, 3.63) is 40.3 Å². The van der Waals surface area contributed by atoms with Crippen molar-refractivity contribution in [1.82, 2.24) is 9.97 Å². The number of thiazole rings is 2. The number of carbonyl (C=O) groups excluding carboxylic acids is 1. The number of nitrogens with one attached hydrogen (secondary N) is 1. The fraction of sp³-hybridized carbons (Fsp3) is 0.214. The Labute approximate surface area is 129 Å². The molecule has 0 aliphatic rings. The molecular formula is C14H13N3O2S2. The van der Waals surface area contributed by atoms with Crippen LogP contribution in [-0.2, 0) is 16.1 Å². The maximum absolute atomic E-state index is 11.7. The van der Waals surface area contributed by atoms with E-state index in [-0.39, 0.29) is 12.5 Å². The maximum atomic E-state index is 11.7. The van der Waals surface area contributed by atoms with Crippen molar-refractivity contribution in [2.45, 2.75) is 13.5 Å². The predicted molar refractivity (Wildman–Crippen MR) is 84.8 cm³/mol. The fourth-order valence-electron chi connectivity index (χ4n) is 1.78. The fourth-order valence-corrected chi connectivity index (χ4v) is 3.39. The largest absolute Gasteiger partial charge is 0.364 e. The van der Waals surface area contributed by atoms with Gasteiger partial charge in [0.25, 0.3) is 5.91 Å². The van der Waals surface area contributed by atoms with E-state index in [1.807, 2.05) is 36.6 Å². The van der Waals surface area contributed by atoms with E-state index >= 15 is 0 Å². The number of nitrogens with zero attached hydrogens (tertiary/aromatic N) is 2. The first-order chi connectivity index (χ1) is 10.2. The Bertz CT molecular complexity index is 733. The van der Waals surface area contributed by atoms with Crippen LogP contribution in [0.15, 0.2) is 29.6 Å². The van der Waals surface area contributed by atoms with Crippen LogP contribution in [-0.4, -0.2) is 22.5 Å². The summed E-state index contributed by atoms with van der Waals surface area (Å²) in [5.74, 6) is -0.203. The second-order valence-corrected chi connectivity index (χ2v) is 6.38. The van der Waals surface area contributed by atoms with Crippen molar-refractivity contribution < 1.29 is 9.53 Å². The Morgan fingerprint density at radius 3 is 2.95 bits per heavy atom. The second kappa shape index (κ2) is 6.30. The number of hydrogen-bond donors (Lipinski definition) is 1. The molecule has 0 saturated heterocycles. The quantitative estimate of drug-likeness (QED) is 0.784. The first kappa shape index (κ1) is 14.1. The van der Waals surface area contributed by atoms with Crippen LogP contribution in [0, 0.1) is 6.92 Å². The topological polar surface area (TPSA) is 64.1 Å². The van der Waals surface area contributed by atoms with Gasteiger partial charge in [-0.25, -0.2) is 9.97 Å². The van der Waals surface area contributed by atoms with E-state index in [0.717, 1.165) is 20.9 Å². The van der Waals surface area contributed by atoms with Gasteiger partial charge in [0.15, 0.2) is 5.13 Å². The van der Waals surface area contributed by atoms with Gasteiger partial charge in [-0.2, -0.15) is 0 Å². The molecule has 0 radical (unpaired) electrons. The summed E-state index contributed by atoms with van der Waals surface area (Å²) in [7, 11) is 0. The van der Waals surface area contributed by atoms with Crippen LogP contribution in [0.5, 0.6) is 0 Å². The van der Waals surface area contributed by atoms with Gasteiger partial charge < -0.3 is 4.74 Å². The third-order valence-corrected chi connectivity index (χ3v) is 4.55. The number of amides is 1. The standard InChI is InChI=1S/C14H13N3O2S2/c1-9-8-20-14(15-9)17-12(18)6-19-7-13-16-10-4-2-3-5-11(10)21-13/h2-5,8H,6-7H2,1H3,(H,15,17,18). The molecule has 0 aliphatic heterocycles. The number of ether oxygens (including phenoxy) is 1. The second-order valence-electron chi connectivity index (χ2n) is 4.41. The van der Waals surface area contributed by atoms with E-state index in [4.69, 9.17) is 4.74 Å². The molecule has 21 heavy (non-hydrogen) atoms. The van der Waals surface area contributed by atoms with Gasteiger partial charge in [0.2, 0.25) is 0 Å². The van der Waals surface area contributed by atoms with E-state index < -0.39 is 0 Å². The Morgan fingerprint density at radius 1 is 1.33 bits per heavy atom. The predicted octanol–water partition coefficient (Wildman–Crippen LogP) is 3.22. The van der Waals surface area contributed by atoms with Crippen molar-refractivity contribution in [2.75, 3.05) is 11.9 Å². The van der Waals surface area contributed by atoms with E-state index in [9.17, 15) is 4.79 Å². The van der Waals surface area contributed by atoms with Crippen LogP contribution < -0.4 is 5.32 Å². The highest BCUT2D eigenvalue weighted by Gasteiger charge is 2.07. The Hall–Kier alpha value is -1.83. The first-order valence-corrected chi connectivity index (χ1v) is 8.04. The average molecular weight is 319 g/mol. The number of rotatable bonds is 5. The molecule has 3 rings (SSSR count). The summed E-state index contributed by atoms with van der Waals surface area (Å²) < 4.78 is 6.53. The number of aromatic nitrogens is 2. The zero-order chi connectivity index (χ0) is 14.7. The van der Waals surface area contributed by atoms with Gasteiger partial charge in [-0.05, 0) is 19.1 Å². The number of anilines is 1. The molecule has 0 bridgehead atoms. The molecule has 7 heteroatoms. The highest BCUT2D eigenvalue weighted by atomic mass is 32.1. The highest BCUT2D eigenvalue weighted by Crippen LogP contribution is 2.22. The number of fused-ring (bicyclic) bond motifs is 1. The van der Waals surface area contributed by atoms with Gasteiger partial charge in [0.05, 0.1) is 22.5 Å². The molecule has 0 fully saturated rings. The average Bonchev–Trinajstić information content (AvgIpc) is 3.04. The highest BCUT2D eigenvalue weighted by molar-refractivity contribution is 7.18. The SMILES string of the molecule is Cc1csc(NC(=O)COCc2nc3ccccc3s2)n1. The summed E-state index contributed by atoms with van der Waals surface area (Å²) in [6, 6.07) is 7.92. The third kappa shape index (κ3) is 3.63. The first-order valence-electron chi connectivity index (χ1n) is 6.35. The van der Waals surface area contributed by atoms with Gasteiger partial charge in [0.1, 0.15) is 11.6 Å². The Morgan fingerprint density at radius 2 is 2.19 bits per heavy atom. The molecule has 0 saturated carbocycles. The van der Waals surface area contributed by atoms with Gasteiger partial charge in [0, 0.05) is 5.38 Å². The molecule has 1 amide bonds. The van der Waals surface area contributed by atoms with Crippen LogP contribution >= 0.6 is 22.7 Å². The molecule has 3 aromatic rings. The number of aryl methyl sites for hydroxylation is 1. The van der Waals surface area contributed by atoms with E-state index in [2.05, 4.69) is 15.3 Å². The molecule has 0 aliphatic carbocycles. The lowest BCUT2D eigenvalue weighted by Gasteiger charge is -2.02. The van der Waals surface area contributed by atoms with Crippen molar-refractivity contribution in [3.8, 4) is 0 Å². The van der Waals surface area contributed by atoms with Gasteiger partial charge in [-0.1, -0.05) is 12.1 Å². The van der Waals surface area contributed by atoms with Crippen molar-refractivity contribution in [3.63, 3.8) is 0 Å². The van der Waals surface area contributed by atoms with Crippen LogP contribution in [0.25, 0.3) is 10.2 Å². The molecule has 0 spiro atoms. The Kier molecular flexibility index (Phi) is 4.23. The van der Waals surface area contributed by atoms with Crippen molar-refractivity contribution >= 4 is 43.9 Å². The van der Waals surface area contributed by atoms with Crippen molar-refractivity contribution in [2.24, 2.45) is 0 Å². The molecular weight excluding hydrogens is 306 g/mol. The maximum Gasteiger partial charge on any atom is 0.252 e. The molecule has 1 N–H and O–H groups in total. The zero-order valence-electron chi connectivity index (χ0n) is 11.3. The minimum absolute atomic E-state index is 0.00540. The normalized spacial score (nSPS) is 10.9. The summed E-state index contributed by atoms with van der Waals surface area (Å²) in [4.78, 5) is 20.3. The van der Waals surface area contributed by atoms with Crippen LogP contribution in [0.2, 0.25) is 0 Å². The minimum Gasteiger partial charge on any atom is -0.364 e. The van der Waals surface area contributed by atoms with Crippen LogP contribution in [0.4, 0.5) is 5.13 Å². The lowest BCUT2D eigenvalue weighted by molar-refractivity contribution is -0.121. The van der Waals surface area contributed by atoms with Gasteiger partial charge in [-0.15, -0.1) is 22.7 Å². The van der Waals surface area contributed by atoms with E-state index in [1.54, 1.807) is 11.3 Å². The molecule has 5 nitrogen and oxygen atoms in total. The molecule has 1 aromatic carbocycles. The summed E-state index contributed by atoms with van der Waals surface area (Å²) in [5, 5.41) is 6.06. The lowest BCUT2D eigenvalue weighted by atomic mass is 10.3. The van der Waals surface area contributed by atoms with Crippen LogP contribution in [0.1, 0.15) is 10.7 Å². The number of carbonyl (C=O) groups is 1. The summed E-state index contributed by atoms with van der Waals surface area (Å²) in [6.45, 7) is 2.22.